The van der Waals surface area contributed by atoms with Crippen LogP contribution in [0.3, 0.4) is 0 Å². The van der Waals surface area contributed by atoms with Gasteiger partial charge in [0.05, 0.1) is 5.60 Å². The van der Waals surface area contributed by atoms with Crippen LogP contribution in [0.25, 0.3) is 0 Å². The zero-order chi connectivity index (χ0) is 13.1. The zero-order valence-corrected chi connectivity index (χ0v) is 12.3. The first-order chi connectivity index (χ1) is 7.85. The molecule has 0 unspecified atom stereocenters. The number of carbonyl (C=O) groups excluding carboxylic acids is 1. The first-order valence-electron chi connectivity index (χ1n) is 5.60. The Balaban J connectivity index is 2.59. The lowest BCUT2D eigenvalue weighted by molar-refractivity contribution is -0.00820. The van der Waals surface area contributed by atoms with Gasteiger partial charge >= 0.3 is 0 Å². The molecule has 1 aromatic heterocycles. The Kier molecular flexibility index (Phi) is 4.77. The van der Waals surface area contributed by atoms with E-state index in [1.807, 2.05) is 34.0 Å². The first kappa shape index (κ1) is 14.3. The van der Waals surface area contributed by atoms with Gasteiger partial charge in [0.1, 0.15) is 5.69 Å². The molecule has 5 heteroatoms. The van der Waals surface area contributed by atoms with Crippen LogP contribution in [-0.4, -0.2) is 29.2 Å². The Labute approximate surface area is 110 Å². The maximum atomic E-state index is 11.9. The molecular weight excluding hydrogens is 284 g/mol. The predicted octanol–water partition coefficient (Wildman–Crippen LogP) is 2.33. The third kappa shape index (κ3) is 4.16. The molecule has 0 fully saturated rings. The topological polar surface area (TPSA) is 43.3 Å². The molecule has 0 spiro atoms. The van der Waals surface area contributed by atoms with Gasteiger partial charge < -0.3 is 14.6 Å². The summed E-state index contributed by atoms with van der Waals surface area (Å²) in [4.78, 5) is 11.9. The van der Waals surface area contributed by atoms with Crippen molar-refractivity contribution in [1.82, 2.24) is 9.88 Å². The normalized spacial score (nSPS) is 11.6. The smallest absolute Gasteiger partial charge is 0.268 e. The van der Waals surface area contributed by atoms with Gasteiger partial charge in [-0.05, 0) is 42.8 Å². The molecule has 1 N–H and O–H groups in total. The summed E-state index contributed by atoms with van der Waals surface area (Å²) in [5.74, 6) is -0.0917. The van der Waals surface area contributed by atoms with Crippen LogP contribution in [0.4, 0.5) is 0 Å². The molecule has 0 atom stereocenters. The summed E-state index contributed by atoms with van der Waals surface area (Å²) < 4.78 is 8.20. The molecule has 4 nitrogen and oxygen atoms in total. The molecule has 0 bridgehead atoms. The molecule has 96 valence electrons. The number of amides is 1. The van der Waals surface area contributed by atoms with E-state index in [-0.39, 0.29) is 11.5 Å². The molecule has 17 heavy (non-hydrogen) atoms. The highest BCUT2D eigenvalue weighted by molar-refractivity contribution is 9.10. The minimum atomic E-state index is -0.340. The van der Waals surface area contributed by atoms with Crippen LogP contribution in [0.5, 0.6) is 0 Å². The highest BCUT2D eigenvalue weighted by Crippen LogP contribution is 2.14. The fourth-order valence-corrected chi connectivity index (χ4v) is 2.10. The van der Waals surface area contributed by atoms with E-state index >= 15 is 0 Å². The van der Waals surface area contributed by atoms with E-state index < -0.39 is 0 Å². The lowest BCUT2D eigenvalue weighted by atomic mass is 10.1. The number of nitrogens with one attached hydrogen (secondary N) is 1. The minimum absolute atomic E-state index is 0.0917. The van der Waals surface area contributed by atoms with E-state index in [1.165, 1.54) is 0 Å². The van der Waals surface area contributed by atoms with Crippen LogP contribution in [0.15, 0.2) is 16.7 Å². The summed E-state index contributed by atoms with van der Waals surface area (Å²) in [5, 5.41) is 2.87. The average molecular weight is 303 g/mol. The van der Waals surface area contributed by atoms with Gasteiger partial charge in [0.25, 0.3) is 5.91 Å². The molecule has 0 aliphatic carbocycles. The maximum absolute atomic E-state index is 11.9. The highest BCUT2D eigenvalue weighted by Gasteiger charge is 2.20. The first-order valence-corrected chi connectivity index (χ1v) is 6.39. The maximum Gasteiger partial charge on any atom is 0.268 e. The molecule has 1 amide bonds. The number of ether oxygens (including phenoxy) is 1. The number of rotatable bonds is 5. The van der Waals surface area contributed by atoms with Crippen LogP contribution in [0.1, 0.15) is 31.3 Å². The van der Waals surface area contributed by atoms with Crippen molar-refractivity contribution in [3.05, 3.63) is 22.4 Å². The number of carbonyl (C=O) groups is 1. The second-order valence-corrected chi connectivity index (χ2v) is 5.45. The average Bonchev–Trinajstić information content (AvgIpc) is 2.54. The van der Waals surface area contributed by atoms with Gasteiger partial charge in [-0.15, -0.1) is 0 Å². The Bertz CT molecular complexity index is 399. The van der Waals surface area contributed by atoms with Gasteiger partial charge in [0.15, 0.2) is 0 Å². The lowest BCUT2D eigenvalue weighted by Gasteiger charge is -2.24. The van der Waals surface area contributed by atoms with Crippen molar-refractivity contribution in [2.75, 3.05) is 13.2 Å². The Morgan fingerprint density at radius 2 is 2.24 bits per heavy atom. The third-order valence-corrected chi connectivity index (χ3v) is 2.85. The van der Waals surface area contributed by atoms with Crippen molar-refractivity contribution in [3.63, 3.8) is 0 Å². The Morgan fingerprint density at radius 3 is 2.71 bits per heavy atom. The second kappa shape index (κ2) is 5.69. The fraction of sp³-hybridized carbons (Fsp3) is 0.583. The van der Waals surface area contributed by atoms with Crippen molar-refractivity contribution in [3.8, 4) is 0 Å². The quantitative estimate of drug-likeness (QED) is 0.907. The molecule has 0 aliphatic rings. The lowest BCUT2D eigenvalue weighted by Crippen LogP contribution is -2.40. The molecule has 0 saturated carbocycles. The standard InChI is InChI=1S/C12H19BrN2O2/c1-5-17-12(2,3)8-14-11(16)10-6-9(13)7-15(10)4/h6-7H,5,8H2,1-4H3,(H,14,16). The van der Waals surface area contributed by atoms with Crippen LogP contribution < -0.4 is 5.32 Å². The summed E-state index contributed by atoms with van der Waals surface area (Å²) in [5.41, 5.74) is 0.288. The molecule has 0 radical (unpaired) electrons. The minimum Gasteiger partial charge on any atom is -0.374 e. The molecular formula is C12H19BrN2O2. The molecule has 0 aromatic carbocycles. The number of halogens is 1. The number of aryl methyl sites for hydroxylation is 1. The SMILES string of the molecule is CCOC(C)(C)CNC(=O)c1cc(Br)cn1C. The van der Waals surface area contributed by atoms with Gasteiger partial charge in [-0.3, -0.25) is 4.79 Å². The monoisotopic (exact) mass is 302 g/mol. The predicted molar refractivity (Wildman–Crippen MR) is 71.2 cm³/mol. The van der Waals surface area contributed by atoms with Crippen molar-refractivity contribution in [2.24, 2.45) is 7.05 Å². The van der Waals surface area contributed by atoms with E-state index in [0.29, 0.717) is 18.8 Å². The van der Waals surface area contributed by atoms with Gasteiger partial charge in [0, 0.05) is 30.9 Å². The summed E-state index contributed by atoms with van der Waals surface area (Å²) in [6, 6.07) is 1.79. The summed E-state index contributed by atoms with van der Waals surface area (Å²) in [6.07, 6.45) is 1.85. The number of nitrogens with zero attached hydrogens (tertiary/aromatic N) is 1. The van der Waals surface area contributed by atoms with E-state index in [0.717, 1.165) is 4.47 Å². The number of hydrogen-bond acceptors (Lipinski definition) is 2. The van der Waals surface area contributed by atoms with Crippen molar-refractivity contribution in [2.45, 2.75) is 26.4 Å². The summed E-state index contributed by atoms with van der Waals surface area (Å²) in [7, 11) is 1.84. The van der Waals surface area contributed by atoms with Crippen LogP contribution >= 0.6 is 15.9 Å². The van der Waals surface area contributed by atoms with Gasteiger partial charge in [-0.25, -0.2) is 0 Å². The van der Waals surface area contributed by atoms with E-state index in [4.69, 9.17) is 4.74 Å². The van der Waals surface area contributed by atoms with Crippen LogP contribution in [0, 0.1) is 0 Å². The molecule has 1 rings (SSSR count). The molecule has 1 aromatic rings. The van der Waals surface area contributed by atoms with Crippen molar-refractivity contribution >= 4 is 21.8 Å². The second-order valence-electron chi connectivity index (χ2n) is 4.53. The highest BCUT2D eigenvalue weighted by atomic mass is 79.9. The largest absolute Gasteiger partial charge is 0.374 e. The van der Waals surface area contributed by atoms with E-state index in [1.54, 1.807) is 10.6 Å². The molecule has 0 saturated heterocycles. The third-order valence-electron chi connectivity index (χ3n) is 2.41. The van der Waals surface area contributed by atoms with E-state index in [9.17, 15) is 4.79 Å². The summed E-state index contributed by atoms with van der Waals surface area (Å²) in [6.45, 7) is 6.98. The molecule has 1 heterocycles. The van der Waals surface area contributed by atoms with Crippen LogP contribution in [0.2, 0.25) is 0 Å². The van der Waals surface area contributed by atoms with E-state index in [2.05, 4.69) is 21.2 Å². The number of aromatic nitrogens is 1. The Hall–Kier alpha value is -0.810. The van der Waals surface area contributed by atoms with Crippen molar-refractivity contribution in [1.29, 1.82) is 0 Å². The van der Waals surface area contributed by atoms with Gasteiger partial charge in [-0.2, -0.15) is 0 Å². The zero-order valence-electron chi connectivity index (χ0n) is 10.7. The fourth-order valence-electron chi connectivity index (χ4n) is 1.58. The number of hydrogen-bond donors (Lipinski definition) is 1. The molecule has 0 aliphatic heterocycles. The Morgan fingerprint density at radius 1 is 1.59 bits per heavy atom. The van der Waals surface area contributed by atoms with Crippen LogP contribution in [-0.2, 0) is 11.8 Å². The van der Waals surface area contributed by atoms with Gasteiger partial charge in [-0.1, -0.05) is 0 Å². The summed E-state index contributed by atoms with van der Waals surface area (Å²) >= 11 is 3.34. The van der Waals surface area contributed by atoms with Crippen molar-refractivity contribution < 1.29 is 9.53 Å². The van der Waals surface area contributed by atoms with Gasteiger partial charge in [0.2, 0.25) is 0 Å².